The highest BCUT2D eigenvalue weighted by molar-refractivity contribution is 5.77. The molecule has 3 rings (SSSR count). The van der Waals surface area contributed by atoms with E-state index in [2.05, 4.69) is 16.0 Å². The molecule has 0 saturated carbocycles. The van der Waals surface area contributed by atoms with Crippen molar-refractivity contribution in [3.63, 3.8) is 0 Å². The average Bonchev–Trinajstić information content (AvgIpc) is 3.03. The molecule has 0 aliphatic rings. The van der Waals surface area contributed by atoms with E-state index < -0.39 is 6.10 Å². The van der Waals surface area contributed by atoms with Crippen LogP contribution in [-0.2, 0) is 0 Å². The number of nitrogens with one attached hydrogen (secondary N) is 1. The Kier molecular flexibility index (Phi) is 4.11. The molecule has 0 spiro atoms. The maximum absolute atomic E-state index is 10.8. The number of aliphatic hydroxyl groups excluding tert-OH is 1. The highest BCUT2D eigenvalue weighted by Crippen LogP contribution is 2.38. The van der Waals surface area contributed by atoms with Crippen LogP contribution in [0.4, 0.5) is 0 Å². The third kappa shape index (κ3) is 2.66. The zero-order chi connectivity index (χ0) is 17.3. The van der Waals surface area contributed by atoms with Gasteiger partial charge in [0.15, 0.2) is 0 Å². The van der Waals surface area contributed by atoms with Crippen LogP contribution in [0.2, 0.25) is 0 Å². The van der Waals surface area contributed by atoms with E-state index in [-0.39, 0.29) is 0 Å². The number of rotatable bonds is 4. The average molecular weight is 323 g/mol. The highest BCUT2D eigenvalue weighted by Gasteiger charge is 2.24. The molecule has 0 fully saturated rings. The number of hydrogen-bond acceptors (Lipinski definition) is 5. The highest BCUT2D eigenvalue weighted by atomic mass is 16.5. The molecule has 2 N–H and O–H groups in total. The van der Waals surface area contributed by atoms with E-state index in [1.807, 2.05) is 19.1 Å². The second kappa shape index (κ2) is 6.22. The molecule has 0 saturated heterocycles. The molecule has 1 atom stereocenters. The first-order chi connectivity index (χ1) is 11.6. The lowest BCUT2D eigenvalue weighted by Gasteiger charge is -2.17. The minimum absolute atomic E-state index is 0.362. The minimum Gasteiger partial charge on any atom is -0.496 e. The standard InChI is InChI=1S/C18H17N3O3/c1-10-6-14(23-2)16(15(7-10)24-3)17(22)18-20-12-5-4-11(9-19)8-13(12)21-18/h4-8,17,22H,1-3H3,(H,20,21). The smallest absolute Gasteiger partial charge is 0.144 e. The van der Waals surface area contributed by atoms with Crippen LogP contribution in [-0.4, -0.2) is 29.3 Å². The molecule has 1 aromatic heterocycles. The summed E-state index contributed by atoms with van der Waals surface area (Å²) in [7, 11) is 3.09. The third-order valence-electron chi connectivity index (χ3n) is 3.85. The third-order valence-corrected chi connectivity index (χ3v) is 3.85. The van der Waals surface area contributed by atoms with Gasteiger partial charge in [0, 0.05) is 0 Å². The molecule has 0 aliphatic heterocycles. The number of H-pyrrole nitrogens is 1. The Bertz CT molecular complexity index is 915. The van der Waals surface area contributed by atoms with Crippen LogP contribution in [0.5, 0.6) is 11.5 Å². The lowest BCUT2D eigenvalue weighted by molar-refractivity contribution is 0.200. The minimum atomic E-state index is -1.05. The maximum Gasteiger partial charge on any atom is 0.144 e. The molecule has 1 heterocycles. The Morgan fingerprint density at radius 2 is 1.83 bits per heavy atom. The van der Waals surface area contributed by atoms with Gasteiger partial charge in [0.1, 0.15) is 23.4 Å². The van der Waals surface area contributed by atoms with Crippen molar-refractivity contribution in [1.82, 2.24) is 9.97 Å². The van der Waals surface area contributed by atoms with Gasteiger partial charge >= 0.3 is 0 Å². The van der Waals surface area contributed by atoms with Gasteiger partial charge in [0.05, 0.1) is 42.4 Å². The van der Waals surface area contributed by atoms with Crippen LogP contribution in [0.25, 0.3) is 11.0 Å². The van der Waals surface area contributed by atoms with Crippen molar-refractivity contribution in [1.29, 1.82) is 5.26 Å². The quantitative estimate of drug-likeness (QED) is 0.770. The topological polar surface area (TPSA) is 91.2 Å². The molecule has 24 heavy (non-hydrogen) atoms. The van der Waals surface area contributed by atoms with Gasteiger partial charge < -0.3 is 19.6 Å². The number of aryl methyl sites for hydroxylation is 1. The van der Waals surface area contributed by atoms with Crippen molar-refractivity contribution >= 4 is 11.0 Å². The van der Waals surface area contributed by atoms with E-state index >= 15 is 0 Å². The summed E-state index contributed by atoms with van der Waals surface area (Å²) in [5.41, 5.74) is 3.35. The predicted molar refractivity (Wildman–Crippen MR) is 89.2 cm³/mol. The van der Waals surface area contributed by atoms with E-state index in [1.54, 1.807) is 32.4 Å². The number of aliphatic hydroxyl groups is 1. The predicted octanol–water partition coefficient (Wildman–Crippen LogP) is 2.84. The first-order valence-corrected chi connectivity index (χ1v) is 7.37. The van der Waals surface area contributed by atoms with E-state index in [1.165, 1.54) is 0 Å². The van der Waals surface area contributed by atoms with Crippen molar-refractivity contribution in [2.24, 2.45) is 0 Å². The number of nitriles is 1. The summed E-state index contributed by atoms with van der Waals surface area (Å²) in [5, 5.41) is 19.8. The monoisotopic (exact) mass is 323 g/mol. The molecule has 122 valence electrons. The van der Waals surface area contributed by atoms with Gasteiger partial charge in [-0.1, -0.05) is 0 Å². The van der Waals surface area contributed by atoms with E-state index in [0.29, 0.717) is 39.5 Å². The number of ether oxygens (including phenoxy) is 2. The molecular weight excluding hydrogens is 306 g/mol. The molecule has 0 amide bonds. The lowest BCUT2D eigenvalue weighted by atomic mass is 10.0. The molecule has 3 aromatic rings. The molecule has 6 heteroatoms. The van der Waals surface area contributed by atoms with Gasteiger partial charge in [0.25, 0.3) is 0 Å². The normalized spacial score (nSPS) is 12.0. The first-order valence-electron chi connectivity index (χ1n) is 7.37. The van der Waals surface area contributed by atoms with Crippen molar-refractivity contribution < 1.29 is 14.6 Å². The Labute approximate surface area is 139 Å². The summed E-state index contributed by atoms with van der Waals surface area (Å²) < 4.78 is 10.8. The number of hydrogen-bond donors (Lipinski definition) is 2. The van der Waals surface area contributed by atoms with Gasteiger partial charge in [-0.3, -0.25) is 0 Å². The number of fused-ring (bicyclic) bond motifs is 1. The molecule has 6 nitrogen and oxygen atoms in total. The Morgan fingerprint density at radius 1 is 1.17 bits per heavy atom. The van der Waals surface area contributed by atoms with Crippen LogP contribution in [0.3, 0.4) is 0 Å². The number of aromatic nitrogens is 2. The zero-order valence-electron chi connectivity index (χ0n) is 13.6. The molecule has 0 aliphatic carbocycles. The van der Waals surface area contributed by atoms with Gasteiger partial charge in [-0.15, -0.1) is 0 Å². The number of methoxy groups -OCH3 is 2. The lowest BCUT2D eigenvalue weighted by Crippen LogP contribution is -2.07. The molecule has 1 unspecified atom stereocenters. The molecule has 2 aromatic carbocycles. The number of nitrogens with zero attached hydrogens (tertiary/aromatic N) is 2. The van der Waals surface area contributed by atoms with E-state index in [0.717, 1.165) is 5.56 Å². The number of aromatic amines is 1. The summed E-state index contributed by atoms with van der Waals surface area (Å²) in [4.78, 5) is 7.47. The molecule has 0 bridgehead atoms. The van der Waals surface area contributed by atoms with E-state index in [9.17, 15) is 5.11 Å². The largest absolute Gasteiger partial charge is 0.496 e. The van der Waals surface area contributed by atoms with Crippen molar-refractivity contribution in [2.45, 2.75) is 13.0 Å². The van der Waals surface area contributed by atoms with Gasteiger partial charge in [-0.05, 0) is 42.8 Å². The fraction of sp³-hybridized carbons (Fsp3) is 0.222. The van der Waals surface area contributed by atoms with Gasteiger partial charge in [-0.25, -0.2) is 4.98 Å². The van der Waals surface area contributed by atoms with Crippen LogP contribution >= 0.6 is 0 Å². The fourth-order valence-electron chi connectivity index (χ4n) is 2.70. The van der Waals surface area contributed by atoms with Gasteiger partial charge in [-0.2, -0.15) is 5.26 Å². The van der Waals surface area contributed by atoms with E-state index in [4.69, 9.17) is 14.7 Å². The number of benzene rings is 2. The summed E-state index contributed by atoms with van der Waals surface area (Å²) in [5.74, 6) is 1.41. The van der Waals surface area contributed by atoms with Crippen LogP contribution < -0.4 is 9.47 Å². The Balaban J connectivity index is 2.12. The second-order valence-electron chi connectivity index (χ2n) is 5.45. The summed E-state index contributed by atoms with van der Waals surface area (Å²) in [6, 6.07) is 10.9. The summed E-state index contributed by atoms with van der Waals surface area (Å²) >= 11 is 0. The van der Waals surface area contributed by atoms with Crippen molar-refractivity contribution in [3.05, 3.63) is 52.8 Å². The maximum atomic E-state index is 10.8. The number of imidazole rings is 1. The van der Waals surface area contributed by atoms with Crippen LogP contribution in [0.1, 0.15) is 28.6 Å². The SMILES string of the molecule is COc1cc(C)cc(OC)c1C(O)c1nc2ccc(C#N)cc2[nH]1. The summed E-state index contributed by atoms with van der Waals surface area (Å²) in [6.45, 7) is 1.92. The summed E-state index contributed by atoms with van der Waals surface area (Å²) in [6.07, 6.45) is -1.05. The first kappa shape index (κ1) is 15.8. The van der Waals surface area contributed by atoms with Crippen molar-refractivity contribution in [3.8, 4) is 17.6 Å². The van der Waals surface area contributed by atoms with Gasteiger partial charge in [0.2, 0.25) is 0 Å². The zero-order valence-corrected chi connectivity index (χ0v) is 13.6. The van der Waals surface area contributed by atoms with Crippen LogP contribution in [0.15, 0.2) is 30.3 Å². The Morgan fingerprint density at radius 3 is 2.42 bits per heavy atom. The fourth-order valence-corrected chi connectivity index (χ4v) is 2.70. The van der Waals surface area contributed by atoms with Crippen molar-refractivity contribution in [2.75, 3.05) is 14.2 Å². The molecule has 0 radical (unpaired) electrons. The van der Waals surface area contributed by atoms with Crippen LogP contribution in [0, 0.1) is 18.3 Å². The molecular formula is C18H17N3O3. The Hall–Kier alpha value is -3.04. The second-order valence-corrected chi connectivity index (χ2v) is 5.45.